The molecule has 1 atom stereocenters. The fourth-order valence-corrected chi connectivity index (χ4v) is 4.87. The van der Waals surface area contributed by atoms with E-state index in [1.54, 1.807) is 12.4 Å². The summed E-state index contributed by atoms with van der Waals surface area (Å²) in [4.78, 5) is 38.7. The fourth-order valence-electron chi connectivity index (χ4n) is 4.87. The first-order valence-corrected chi connectivity index (χ1v) is 11.2. The Bertz CT molecular complexity index is 931. The second-order valence-electron chi connectivity index (χ2n) is 8.87. The average Bonchev–Trinajstić information content (AvgIpc) is 3.62. The number of carbonyl (C=O) groups excluding carboxylic acids is 2. The van der Waals surface area contributed by atoms with E-state index in [1.165, 1.54) is 0 Å². The van der Waals surface area contributed by atoms with Gasteiger partial charge in [0.1, 0.15) is 5.52 Å². The average molecular weight is 408 g/mol. The van der Waals surface area contributed by atoms with Gasteiger partial charge in [-0.15, -0.1) is 0 Å². The maximum Gasteiger partial charge on any atom is 0.256 e. The van der Waals surface area contributed by atoms with Crippen LogP contribution < -0.4 is 5.32 Å². The minimum atomic E-state index is 0.0416. The number of nitrogens with one attached hydrogen (secondary N) is 1. The third kappa shape index (κ3) is 4.03. The molecule has 2 amide bonds. The van der Waals surface area contributed by atoms with E-state index < -0.39 is 0 Å². The first-order valence-electron chi connectivity index (χ1n) is 11.2. The number of carbonyl (C=O) groups is 2. The van der Waals surface area contributed by atoms with Crippen LogP contribution in [0.15, 0.2) is 30.6 Å². The molecule has 1 aliphatic carbocycles. The third-order valence-corrected chi connectivity index (χ3v) is 6.74. The van der Waals surface area contributed by atoms with Crippen molar-refractivity contribution in [3.8, 4) is 0 Å². The summed E-state index contributed by atoms with van der Waals surface area (Å²) < 4.78 is 0. The van der Waals surface area contributed by atoms with Gasteiger partial charge in [0, 0.05) is 44.1 Å². The lowest BCUT2D eigenvalue weighted by Crippen LogP contribution is -2.51. The molecule has 1 unspecified atom stereocenters. The van der Waals surface area contributed by atoms with Crippen molar-refractivity contribution >= 4 is 22.8 Å². The van der Waals surface area contributed by atoms with Crippen LogP contribution in [-0.4, -0.2) is 69.8 Å². The van der Waals surface area contributed by atoms with Gasteiger partial charge in [0.25, 0.3) is 5.91 Å². The summed E-state index contributed by atoms with van der Waals surface area (Å²) in [6.45, 7) is 3.41. The molecule has 0 bridgehead atoms. The van der Waals surface area contributed by atoms with Crippen molar-refractivity contribution in [3.05, 3.63) is 36.2 Å². The number of aromatic nitrogens is 2. The lowest BCUT2D eigenvalue weighted by molar-refractivity contribution is -0.127. The molecule has 2 aromatic rings. The van der Waals surface area contributed by atoms with Gasteiger partial charge in [-0.05, 0) is 57.2 Å². The highest BCUT2D eigenvalue weighted by atomic mass is 16.2. The summed E-state index contributed by atoms with van der Waals surface area (Å²) in [6.07, 6.45) is 9.55. The van der Waals surface area contributed by atoms with Gasteiger partial charge in [-0.3, -0.25) is 24.5 Å². The predicted octanol–water partition coefficient (Wildman–Crippen LogP) is 2.22. The summed E-state index contributed by atoms with van der Waals surface area (Å²) in [7, 11) is 0. The molecule has 30 heavy (non-hydrogen) atoms. The fraction of sp³-hybridized carbons (Fsp3) is 0.565. The highest BCUT2D eigenvalue weighted by Gasteiger charge is 2.34. The van der Waals surface area contributed by atoms with Gasteiger partial charge in [0.15, 0.2) is 0 Å². The first-order chi connectivity index (χ1) is 14.7. The Balaban J connectivity index is 1.19. The molecule has 0 spiro atoms. The van der Waals surface area contributed by atoms with Crippen LogP contribution in [0.25, 0.3) is 11.0 Å². The van der Waals surface area contributed by atoms with Crippen LogP contribution in [0.2, 0.25) is 0 Å². The first kappa shape index (κ1) is 19.4. The number of benzene rings is 1. The SMILES string of the molecule is O=C(NC1CC1)C1CCCN(C2CCN(C(=O)c3cccc4nccnc34)CC2)C1. The van der Waals surface area contributed by atoms with Gasteiger partial charge in [-0.2, -0.15) is 0 Å². The molecule has 3 aliphatic rings. The number of hydrogen-bond acceptors (Lipinski definition) is 5. The Morgan fingerprint density at radius 1 is 0.967 bits per heavy atom. The lowest BCUT2D eigenvalue weighted by atomic mass is 9.93. The molecule has 3 heterocycles. The van der Waals surface area contributed by atoms with Gasteiger partial charge < -0.3 is 10.2 Å². The predicted molar refractivity (Wildman–Crippen MR) is 114 cm³/mol. The van der Waals surface area contributed by atoms with Gasteiger partial charge >= 0.3 is 0 Å². The molecule has 2 aliphatic heterocycles. The lowest BCUT2D eigenvalue weighted by Gasteiger charge is -2.42. The van der Waals surface area contributed by atoms with E-state index in [-0.39, 0.29) is 17.7 Å². The van der Waals surface area contributed by atoms with Gasteiger partial charge in [-0.1, -0.05) is 6.07 Å². The zero-order chi connectivity index (χ0) is 20.5. The molecule has 3 fully saturated rings. The molecule has 1 saturated carbocycles. The normalized spacial score (nSPS) is 23.5. The zero-order valence-corrected chi connectivity index (χ0v) is 17.3. The molecule has 7 nitrogen and oxygen atoms in total. The van der Waals surface area contributed by atoms with Crippen LogP contribution >= 0.6 is 0 Å². The standard InChI is InChI=1S/C23H29N5O2/c29-22(26-17-6-7-17)16-3-2-12-28(15-16)18-8-13-27(14-9-18)23(30)19-4-1-5-20-21(19)25-11-10-24-20/h1,4-5,10-11,16-18H,2-3,6-9,12-15H2,(H,26,29). The van der Waals surface area contributed by atoms with Crippen molar-refractivity contribution in [2.45, 2.75) is 50.6 Å². The van der Waals surface area contributed by atoms with Crippen LogP contribution in [0.4, 0.5) is 0 Å². The molecule has 5 rings (SSSR count). The molecule has 7 heteroatoms. The Hall–Kier alpha value is -2.54. The molecular weight excluding hydrogens is 378 g/mol. The zero-order valence-electron chi connectivity index (χ0n) is 17.3. The molecular formula is C23H29N5O2. The number of hydrogen-bond donors (Lipinski definition) is 1. The number of amides is 2. The van der Waals surface area contributed by atoms with Crippen molar-refractivity contribution in [2.24, 2.45) is 5.92 Å². The maximum absolute atomic E-state index is 13.1. The quantitative estimate of drug-likeness (QED) is 0.841. The highest BCUT2D eigenvalue weighted by Crippen LogP contribution is 2.27. The number of piperidine rings is 2. The number of para-hydroxylation sites is 1. The van der Waals surface area contributed by atoms with E-state index in [2.05, 4.69) is 20.2 Å². The number of likely N-dealkylation sites (tertiary alicyclic amines) is 2. The third-order valence-electron chi connectivity index (χ3n) is 6.74. The molecule has 1 N–H and O–H groups in total. The summed E-state index contributed by atoms with van der Waals surface area (Å²) in [5, 5.41) is 3.17. The summed E-state index contributed by atoms with van der Waals surface area (Å²) in [5.74, 6) is 0.403. The smallest absolute Gasteiger partial charge is 0.256 e. The summed E-state index contributed by atoms with van der Waals surface area (Å²) >= 11 is 0. The van der Waals surface area contributed by atoms with Gasteiger partial charge in [0.05, 0.1) is 17.0 Å². The second-order valence-corrected chi connectivity index (χ2v) is 8.87. The van der Waals surface area contributed by atoms with Crippen LogP contribution in [0.3, 0.4) is 0 Å². The highest BCUT2D eigenvalue weighted by molar-refractivity contribution is 6.04. The minimum absolute atomic E-state index is 0.0416. The van der Waals surface area contributed by atoms with E-state index in [0.29, 0.717) is 23.2 Å². The Kier molecular flexibility index (Phi) is 5.37. The maximum atomic E-state index is 13.1. The van der Waals surface area contributed by atoms with Crippen LogP contribution in [0, 0.1) is 5.92 Å². The number of fused-ring (bicyclic) bond motifs is 1. The van der Waals surface area contributed by atoms with E-state index >= 15 is 0 Å². The molecule has 1 aromatic carbocycles. The van der Waals surface area contributed by atoms with Crippen molar-refractivity contribution < 1.29 is 9.59 Å². The topological polar surface area (TPSA) is 78.4 Å². The summed E-state index contributed by atoms with van der Waals surface area (Å²) in [6, 6.07) is 6.49. The van der Waals surface area contributed by atoms with Crippen molar-refractivity contribution in [1.29, 1.82) is 0 Å². The minimum Gasteiger partial charge on any atom is -0.353 e. The van der Waals surface area contributed by atoms with E-state index in [4.69, 9.17) is 0 Å². The van der Waals surface area contributed by atoms with E-state index in [1.807, 2.05) is 23.1 Å². The number of nitrogens with zero attached hydrogens (tertiary/aromatic N) is 4. The van der Waals surface area contributed by atoms with Crippen molar-refractivity contribution in [2.75, 3.05) is 26.2 Å². The molecule has 158 valence electrons. The monoisotopic (exact) mass is 407 g/mol. The molecule has 0 radical (unpaired) electrons. The molecule has 2 saturated heterocycles. The Labute approximate surface area is 176 Å². The van der Waals surface area contributed by atoms with E-state index in [0.717, 1.165) is 70.2 Å². The Morgan fingerprint density at radius 3 is 2.57 bits per heavy atom. The Morgan fingerprint density at radius 2 is 1.77 bits per heavy atom. The molecule has 1 aromatic heterocycles. The van der Waals surface area contributed by atoms with Gasteiger partial charge in [0.2, 0.25) is 5.91 Å². The largest absolute Gasteiger partial charge is 0.353 e. The van der Waals surface area contributed by atoms with Crippen LogP contribution in [-0.2, 0) is 4.79 Å². The van der Waals surface area contributed by atoms with E-state index in [9.17, 15) is 9.59 Å². The van der Waals surface area contributed by atoms with Gasteiger partial charge in [-0.25, -0.2) is 0 Å². The number of rotatable bonds is 4. The second kappa shape index (κ2) is 8.30. The summed E-state index contributed by atoms with van der Waals surface area (Å²) in [5.41, 5.74) is 2.06. The van der Waals surface area contributed by atoms with Crippen LogP contribution in [0.5, 0.6) is 0 Å². The van der Waals surface area contributed by atoms with Crippen LogP contribution in [0.1, 0.15) is 48.9 Å². The van der Waals surface area contributed by atoms with Crippen molar-refractivity contribution in [3.63, 3.8) is 0 Å². The van der Waals surface area contributed by atoms with Crippen molar-refractivity contribution in [1.82, 2.24) is 25.1 Å².